The van der Waals surface area contributed by atoms with Gasteiger partial charge in [0.2, 0.25) is 0 Å². The molecule has 1 N–H and O–H groups in total. The average Bonchev–Trinajstić information content (AvgIpc) is 2.47. The predicted octanol–water partition coefficient (Wildman–Crippen LogP) is 5.05. The fourth-order valence-electron chi connectivity index (χ4n) is 2.14. The van der Waals surface area contributed by atoms with E-state index in [0.29, 0.717) is 0 Å². The van der Waals surface area contributed by atoms with Crippen LogP contribution in [0.3, 0.4) is 0 Å². The van der Waals surface area contributed by atoms with Crippen molar-refractivity contribution in [1.82, 2.24) is 4.98 Å². The van der Waals surface area contributed by atoms with Gasteiger partial charge in [0.05, 0.1) is 11.6 Å². The summed E-state index contributed by atoms with van der Waals surface area (Å²) in [6.45, 7) is 2.04. The Labute approximate surface area is 122 Å². The molecule has 112 valence electrons. The van der Waals surface area contributed by atoms with Crippen LogP contribution in [-0.2, 0) is 6.18 Å². The quantitative estimate of drug-likeness (QED) is 0.834. The third-order valence-electron chi connectivity index (χ3n) is 3.20. The number of benzene rings is 1. The molecule has 1 atom stereocenters. The van der Waals surface area contributed by atoms with Gasteiger partial charge in [-0.1, -0.05) is 31.5 Å². The van der Waals surface area contributed by atoms with E-state index in [9.17, 15) is 13.2 Å². The van der Waals surface area contributed by atoms with Crippen LogP contribution in [0.5, 0.6) is 0 Å². The first kappa shape index (κ1) is 15.4. The van der Waals surface area contributed by atoms with E-state index in [0.717, 1.165) is 36.4 Å². The molecule has 0 aliphatic rings. The van der Waals surface area contributed by atoms with Gasteiger partial charge < -0.3 is 5.32 Å². The maximum atomic E-state index is 12.6. The lowest BCUT2D eigenvalue weighted by atomic mass is 10.0. The first-order valence-corrected chi connectivity index (χ1v) is 6.85. The number of hydrogen-bond donors (Lipinski definition) is 1. The summed E-state index contributed by atoms with van der Waals surface area (Å²) < 4.78 is 37.8. The van der Waals surface area contributed by atoms with E-state index in [1.807, 2.05) is 25.1 Å². The second-order valence-electron chi connectivity index (χ2n) is 4.82. The van der Waals surface area contributed by atoms with Crippen molar-refractivity contribution in [2.24, 2.45) is 0 Å². The molecule has 0 bridgehead atoms. The van der Waals surface area contributed by atoms with E-state index < -0.39 is 11.7 Å². The van der Waals surface area contributed by atoms with Crippen LogP contribution in [0.25, 0.3) is 0 Å². The molecule has 1 aromatic carbocycles. The molecule has 5 heteroatoms. The van der Waals surface area contributed by atoms with Gasteiger partial charge in [0.1, 0.15) is 5.82 Å². The lowest BCUT2D eigenvalue weighted by Gasteiger charge is -2.19. The molecule has 0 fully saturated rings. The van der Waals surface area contributed by atoms with E-state index in [4.69, 9.17) is 0 Å². The minimum Gasteiger partial charge on any atom is -0.363 e. The van der Waals surface area contributed by atoms with Crippen LogP contribution in [-0.4, -0.2) is 4.98 Å². The number of rotatable bonds is 5. The van der Waals surface area contributed by atoms with Crippen LogP contribution in [0.4, 0.5) is 19.0 Å². The molecule has 1 heterocycles. The van der Waals surface area contributed by atoms with Gasteiger partial charge in [-0.15, -0.1) is 0 Å². The molecule has 0 aliphatic carbocycles. The van der Waals surface area contributed by atoms with E-state index in [1.54, 1.807) is 6.20 Å². The highest BCUT2D eigenvalue weighted by molar-refractivity contribution is 5.38. The van der Waals surface area contributed by atoms with Gasteiger partial charge in [-0.2, -0.15) is 13.2 Å². The van der Waals surface area contributed by atoms with Crippen LogP contribution < -0.4 is 5.32 Å². The normalized spacial score (nSPS) is 13.0. The summed E-state index contributed by atoms with van der Waals surface area (Å²) in [6.07, 6.45) is -0.876. The largest absolute Gasteiger partial charge is 0.416 e. The molecule has 0 saturated carbocycles. The molecule has 0 saturated heterocycles. The van der Waals surface area contributed by atoms with Gasteiger partial charge in [-0.3, -0.25) is 0 Å². The topological polar surface area (TPSA) is 24.9 Å². The lowest BCUT2D eigenvalue weighted by molar-refractivity contribution is -0.137. The third-order valence-corrected chi connectivity index (χ3v) is 3.20. The Bertz CT molecular complexity index is 550. The van der Waals surface area contributed by atoms with E-state index in [2.05, 4.69) is 10.3 Å². The highest BCUT2D eigenvalue weighted by Crippen LogP contribution is 2.31. The Morgan fingerprint density at radius 1 is 1.10 bits per heavy atom. The van der Waals surface area contributed by atoms with Crippen molar-refractivity contribution < 1.29 is 13.2 Å². The number of nitrogens with zero attached hydrogens (tertiary/aromatic N) is 1. The van der Waals surface area contributed by atoms with Crippen molar-refractivity contribution in [2.75, 3.05) is 5.32 Å². The molecular weight excluding hydrogens is 277 g/mol. The minimum atomic E-state index is -4.30. The molecule has 0 radical (unpaired) electrons. The number of anilines is 1. The van der Waals surface area contributed by atoms with Crippen molar-refractivity contribution in [3.8, 4) is 0 Å². The number of nitrogens with one attached hydrogen (secondary N) is 1. The van der Waals surface area contributed by atoms with E-state index in [1.165, 1.54) is 12.1 Å². The van der Waals surface area contributed by atoms with Crippen LogP contribution in [0, 0.1) is 0 Å². The summed E-state index contributed by atoms with van der Waals surface area (Å²) in [5.74, 6) is 0.718. The smallest absolute Gasteiger partial charge is 0.363 e. The first-order chi connectivity index (χ1) is 10.0. The predicted molar refractivity (Wildman–Crippen MR) is 77.0 cm³/mol. The SMILES string of the molecule is CCC[C@H](Nc1ccccn1)c1ccc(C(F)(F)F)cc1. The summed E-state index contributed by atoms with van der Waals surface area (Å²) in [7, 11) is 0. The van der Waals surface area contributed by atoms with Gasteiger partial charge in [-0.05, 0) is 36.2 Å². The average molecular weight is 294 g/mol. The summed E-state index contributed by atoms with van der Waals surface area (Å²) >= 11 is 0. The molecule has 2 nitrogen and oxygen atoms in total. The number of hydrogen-bond acceptors (Lipinski definition) is 2. The number of pyridine rings is 1. The monoisotopic (exact) mass is 294 g/mol. The molecule has 0 unspecified atom stereocenters. The van der Waals surface area contributed by atoms with Gasteiger partial charge >= 0.3 is 6.18 Å². The number of halogens is 3. The fraction of sp³-hybridized carbons (Fsp3) is 0.312. The van der Waals surface area contributed by atoms with E-state index in [-0.39, 0.29) is 6.04 Å². The Balaban J connectivity index is 2.18. The zero-order chi connectivity index (χ0) is 15.3. The van der Waals surface area contributed by atoms with E-state index >= 15 is 0 Å². The summed E-state index contributed by atoms with van der Waals surface area (Å²) in [6, 6.07) is 10.8. The molecular formula is C16H17F3N2. The highest BCUT2D eigenvalue weighted by Gasteiger charge is 2.30. The van der Waals surface area contributed by atoms with Crippen LogP contribution >= 0.6 is 0 Å². The van der Waals surface area contributed by atoms with Gasteiger partial charge in [-0.25, -0.2) is 4.98 Å². The maximum absolute atomic E-state index is 12.6. The second-order valence-corrected chi connectivity index (χ2v) is 4.82. The Morgan fingerprint density at radius 3 is 2.33 bits per heavy atom. The number of alkyl halides is 3. The Kier molecular flexibility index (Phi) is 4.83. The molecule has 21 heavy (non-hydrogen) atoms. The van der Waals surface area contributed by atoms with Crippen molar-refractivity contribution in [2.45, 2.75) is 32.0 Å². The second kappa shape index (κ2) is 6.61. The highest BCUT2D eigenvalue weighted by atomic mass is 19.4. The fourth-order valence-corrected chi connectivity index (χ4v) is 2.14. The molecule has 0 aliphatic heterocycles. The number of aromatic nitrogens is 1. The minimum absolute atomic E-state index is 0.0489. The van der Waals surface area contributed by atoms with Crippen molar-refractivity contribution in [1.29, 1.82) is 0 Å². The van der Waals surface area contributed by atoms with Gasteiger partial charge in [0.25, 0.3) is 0 Å². The Hall–Kier alpha value is -2.04. The van der Waals surface area contributed by atoms with Crippen LogP contribution in [0.1, 0.15) is 36.9 Å². The van der Waals surface area contributed by atoms with Crippen LogP contribution in [0.15, 0.2) is 48.7 Å². The van der Waals surface area contributed by atoms with Crippen molar-refractivity contribution in [3.63, 3.8) is 0 Å². The molecule has 2 aromatic rings. The first-order valence-electron chi connectivity index (χ1n) is 6.85. The zero-order valence-corrected chi connectivity index (χ0v) is 11.7. The molecule has 0 spiro atoms. The third kappa shape index (κ3) is 4.21. The summed E-state index contributed by atoms with van der Waals surface area (Å²) in [5, 5.41) is 3.26. The summed E-state index contributed by atoms with van der Waals surface area (Å²) in [5.41, 5.74) is 0.204. The lowest BCUT2D eigenvalue weighted by Crippen LogP contribution is -2.12. The molecule has 0 amide bonds. The summed E-state index contributed by atoms with van der Waals surface area (Å²) in [4.78, 5) is 4.19. The van der Waals surface area contributed by atoms with Crippen molar-refractivity contribution in [3.05, 3.63) is 59.8 Å². The van der Waals surface area contributed by atoms with Gasteiger partial charge in [0.15, 0.2) is 0 Å². The van der Waals surface area contributed by atoms with Crippen LogP contribution in [0.2, 0.25) is 0 Å². The Morgan fingerprint density at radius 2 is 1.81 bits per heavy atom. The van der Waals surface area contributed by atoms with Gasteiger partial charge in [0, 0.05) is 6.20 Å². The molecule has 2 rings (SSSR count). The zero-order valence-electron chi connectivity index (χ0n) is 11.7. The molecule has 1 aromatic heterocycles. The van der Waals surface area contributed by atoms with Crippen molar-refractivity contribution >= 4 is 5.82 Å². The maximum Gasteiger partial charge on any atom is 0.416 e. The standard InChI is InChI=1S/C16H17F3N2/c1-2-5-14(21-15-6-3-4-11-20-15)12-7-9-13(10-8-12)16(17,18)19/h3-4,6-11,14H,2,5H2,1H3,(H,20,21)/t14-/m0/s1.